The summed E-state index contributed by atoms with van der Waals surface area (Å²) < 4.78 is 67.3. The van der Waals surface area contributed by atoms with Gasteiger partial charge in [-0.05, 0) is 6.07 Å². The van der Waals surface area contributed by atoms with Crippen LogP contribution in [-0.4, -0.2) is 60.6 Å². The molecule has 3 rings (SSSR count). The summed E-state index contributed by atoms with van der Waals surface area (Å²) >= 11 is 0. The van der Waals surface area contributed by atoms with Crippen molar-refractivity contribution < 1.29 is 31.4 Å². The molecule has 0 saturated heterocycles. The van der Waals surface area contributed by atoms with Crippen LogP contribution in [0.5, 0.6) is 17.5 Å². The van der Waals surface area contributed by atoms with E-state index >= 15 is 0 Å². The van der Waals surface area contributed by atoms with E-state index in [1.807, 2.05) is 0 Å². The molecule has 14 heteroatoms. The van der Waals surface area contributed by atoms with Crippen molar-refractivity contribution in [3.05, 3.63) is 30.9 Å². The van der Waals surface area contributed by atoms with Gasteiger partial charge < -0.3 is 19.2 Å². The van der Waals surface area contributed by atoms with Crippen molar-refractivity contribution in [3.8, 4) is 28.9 Å². The van der Waals surface area contributed by atoms with Gasteiger partial charge >= 0.3 is 0 Å². The average molecular weight is 442 g/mol. The Morgan fingerprint density at radius 1 is 1.17 bits per heavy atom. The first kappa shape index (κ1) is 21.2. The Hall–Kier alpha value is -3.55. The van der Waals surface area contributed by atoms with Gasteiger partial charge in [0.1, 0.15) is 17.2 Å². The molecule has 0 aromatic carbocycles. The molecule has 3 aromatic heterocycles. The molecule has 0 fully saturated rings. The van der Waals surface area contributed by atoms with E-state index in [4.69, 9.17) is 14.2 Å². The molecule has 0 bridgehead atoms. The van der Waals surface area contributed by atoms with Gasteiger partial charge in [-0.1, -0.05) is 0 Å². The predicted octanol–water partition coefficient (Wildman–Crippen LogP) is 1.72. The molecule has 2 N–H and O–H groups in total. The van der Waals surface area contributed by atoms with Crippen LogP contribution in [-0.2, 0) is 10.0 Å². The molecule has 0 saturated carbocycles. The molecular formula is C16H16F2N6O5S. The quantitative estimate of drug-likeness (QED) is 0.507. The molecular weight excluding hydrogens is 426 g/mol. The van der Waals surface area contributed by atoms with E-state index in [-0.39, 0.29) is 22.4 Å². The lowest BCUT2D eigenvalue weighted by Crippen LogP contribution is -2.16. The first-order chi connectivity index (χ1) is 14.3. The Morgan fingerprint density at radius 2 is 1.87 bits per heavy atom. The lowest BCUT2D eigenvalue weighted by atomic mass is 10.3. The fourth-order valence-corrected chi connectivity index (χ4v) is 3.23. The molecule has 0 aliphatic heterocycles. The number of sulfonamides is 1. The maximum Gasteiger partial charge on any atom is 0.272 e. The third-order valence-electron chi connectivity index (χ3n) is 3.58. The Bertz CT molecular complexity index is 1090. The minimum atomic E-state index is -4.12. The number of nitrogens with zero attached hydrogens (tertiary/aromatic N) is 4. The number of hydrogen-bond acceptors (Lipinski definition) is 9. The second kappa shape index (κ2) is 8.86. The summed E-state index contributed by atoms with van der Waals surface area (Å²) in [6.07, 6.45) is 2.91. The van der Waals surface area contributed by atoms with Crippen molar-refractivity contribution in [1.82, 2.24) is 24.9 Å². The SMILES string of the molecule is COc1nc(NS(=O)(=O)c2c[nH]c(-c3cnccn3)c2)nc(OC)c1OCC(F)F. The highest BCUT2D eigenvalue weighted by atomic mass is 32.2. The minimum Gasteiger partial charge on any atom is -0.478 e. The van der Waals surface area contributed by atoms with Crippen LogP contribution in [0.25, 0.3) is 11.4 Å². The third kappa shape index (κ3) is 4.71. The number of anilines is 1. The first-order valence-corrected chi connectivity index (χ1v) is 9.71. The monoisotopic (exact) mass is 442 g/mol. The van der Waals surface area contributed by atoms with Crippen LogP contribution in [0.2, 0.25) is 0 Å². The van der Waals surface area contributed by atoms with E-state index in [2.05, 4.69) is 29.6 Å². The van der Waals surface area contributed by atoms with E-state index in [0.717, 1.165) is 0 Å². The van der Waals surface area contributed by atoms with Crippen LogP contribution < -0.4 is 18.9 Å². The van der Waals surface area contributed by atoms with Gasteiger partial charge in [-0.3, -0.25) is 9.97 Å². The van der Waals surface area contributed by atoms with Crippen LogP contribution in [0.1, 0.15) is 0 Å². The van der Waals surface area contributed by atoms with Crippen LogP contribution in [0.3, 0.4) is 0 Å². The Labute approximate surface area is 169 Å². The maximum absolute atomic E-state index is 12.7. The number of aromatic nitrogens is 5. The highest BCUT2D eigenvalue weighted by Crippen LogP contribution is 2.35. The second-order valence-electron chi connectivity index (χ2n) is 5.54. The number of alkyl halides is 2. The van der Waals surface area contributed by atoms with Crippen LogP contribution in [0.4, 0.5) is 14.7 Å². The molecule has 30 heavy (non-hydrogen) atoms. The predicted molar refractivity (Wildman–Crippen MR) is 99.3 cm³/mol. The number of ether oxygens (including phenoxy) is 3. The zero-order valence-electron chi connectivity index (χ0n) is 15.7. The van der Waals surface area contributed by atoms with E-state index in [0.29, 0.717) is 11.4 Å². The number of aromatic amines is 1. The Morgan fingerprint density at radius 3 is 2.43 bits per heavy atom. The normalized spacial score (nSPS) is 11.4. The summed E-state index contributed by atoms with van der Waals surface area (Å²) in [4.78, 5) is 18.4. The van der Waals surface area contributed by atoms with Crippen molar-refractivity contribution in [2.45, 2.75) is 11.3 Å². The highest BCUT2D eigenvalue weighted by molar-refractivity contribution is 7.92. The third-order valence-corrected chi connectivity index (χ3v) is 4.88. The summed E-state index contributed by atoms with van der Waals surface area (Å²) in [5.41, 5.74) is 0.870. The Kier molecular flexibility index (Phi) is 6.25. The number of halogens is 2. The Balaban J connectivity index is 1.88. The van der Waals surface area contributed by atoms with Crippen LogP contribution >= 0.6 is 0 Å². The molecule has 3 heterocycles. The lowest BCUT2D eigenvalue weighted by molar-refractivity contribution is 0.0781. The second-order valence-corrected chi connectivity index (χ2v) is 7.22. The molecule has 0 aliphatic carbocycles. The minimum absolute atomic E-state index is 0.122. The summed E-state index contributed by atoms with van der Waals surface area (Å²) in [6.45, 7) is -0.949. The molecule has 0 aliphatic rings. The van der Waals surface area contributed by atoms with Crippen molar-refractivity contribution in [2.24, 2.45) is 0 Å². The molecule has 160 valence electrons. The number of methoxy groups -OCH3 is 2. The smallest absolute Gasteiger partial charge is 0.272 e. The summed E-state index contributed by atoms with van der Waals surface area (Å²) in [5, 5.41) is 0. The zero-order valence-corrected chi connectivity index (χ0v) is 16.5. The molecule has 0 radical (unpaired) electrons. The summed E-state index contributed by atoms with van der Waals surface area (Å²) in [6, 6.07) is 1.35. The van der Waals surface area contributed by atoms with Gasteiger partial charge in [-0.25, -0.2) is 21.9 Å². The van der Waals surface area contributed by atoms with E-state index in [1.165, 1.54) is 45.1 Å². The molecule has 0 spiro atoms. The standard InChI is InChI=1S/C16H16F2N6O5S/c1-27-14-13(29-8-12(17)18)15(28-2)23-16(22-14)24-30(25,26)9-5-10(21-6-9)11-7-19-3-4-20-11/h3-7,12,21H,8H2,1-2H3,(H,22,23,24). The van der Waals surface area contributed by atoms with E-state index in [9.17, 15) is 17.2 Å². The maximum atomic E-state index is 12.7. The van der Waals surface area contributed by atoms with Crippen LogP contribution in [0.15, 0.2) is 35.7 Å². The highest BCUT2D eigenvalue weighted by Gasteiger charge is 2.23. The van der Waals surface area contributed by atoms with Crippen molar-refractivity contribution in [1.29, 1.82) is 0 Å². The van der Waals surface area contributed by atoms with E-state index in [1.54, 1.807) is 0 Å². The largest absolute Gasteiger partial charge is 0.478 e. The summed E-state index contributed by atoms with van der Waals surface area (Å²) in [5.74, 6) is -1.26. The van der Waals surface area contributed by atoms with E-state index < -0.39 is 29.0 Å². The van der Waals surface area contributed by atoms with Crippen molar-refractivity contribution >= 4 is 16.0 Å². The molecule has 3 aromatic rings. The number of H-pyrrole nitrogens is 1. The number of hydrogen-bond donors (Lipinski definition) is 2. The fourth-order valence-electron chi connectivity index (χ4n) is 2.30. The van der Waals surface area contributed by atoms with Gasteiger partial charge in [0.25, 0.3) is 28.2 Å². The number of nitrogens with one attached hydrogen (secondary N) is 2. The topological polar surface area (TPSA) is 141 Å². The molecule has 0 amide bonds. The van der Waals surface area contributed by atoms with Crippen LogP contribution in [0, 0.1) is 0 Å². The van der Waals surface area contributed by atoms with Crippen molar-refractivity contribution in [2.75, 3.05) is 25.5 Å². The van der Waals surface area contributed by atoms with Gasteiger partial charge in [0.15, 0.2) is 0 Å². The molecule has 0 unspecified atom stereocenters. The first-order valence-electron chi connectivity index (χ1n) is 8.22. The van der Waals surface area contributed by atoms with Gasteiger partial charge in [-0.2, -0.15) is 9.97 Å². The lowest BCUT2D eigenvalue weighted by Gasteiger charge is -2.14. The zero-order chi connectivity index (χ0) is 21.7. The van der Waals surface area contributed by atoms with Crippen molar-refractivity contribution in [3.63, 3.8) is 0 Å². The number of rotatable bonds is 9. The molecule has 0 atom stereocenters. The average Bonchev–Trinajstić information content (AvgIpc) is 3.23. The summed E-state index contributed by atoms with van der Waals surface area (Å²) in [7, 11) is -1.71. The van der Waals surface area contributed by atoms with Gasteiger partial charge in [0, 0.05) is 18.6 Å². The van der Waals surface area contributed by atoms with Gasteiger partial charge in [-0.15, -0.1) is 0 Å². The molecule has 11 nitrogen and oxygen atoms in total. The fraction of sp³-hybridized carbons (Fsp3) is 0.250. The van der Waals surface area contributed by atoms with Gasteiger partial charge in [0.2, 0.25) is 11.7 Å². The van der Waals surface area contributed by atoms with Gasteiger partial charge in [0.05, 0.1) is 26.1 Å².